The molecule has 0 heterocycles. The molecule has 0 aromatic carbocycles. The minimum atomic E-state index is -3.78. The van der Waals surface area contributed by atoms with Crippen molar-refractivity contribution in [2.24, 2.45) is 11.8 Å². The number of rotatable bonds is 3. The van der Waals surface area contributed by atoms with E-state index in [4.69, 9.17) is 4.55 Å². The molecule has 0 aromatic heterocycles. The minimum Gasteiger partial charge on any atom is -0.286 e. The number of hydrogen-bond acceptors (Lipinski definition) is 2. The smallest absolute Gasteiger partial charge is 0.265 e. The summed E-state index contributed by atoms with van der Waals surface area (Å²) in [6, 6.07) is 0. The zero-order valence-electron chi connectivity index (χ0n) is 8.78. The van der Waals surface area contributed by atoms with Crippen molar-refractivity contribution in [3.05, 3.63) is 0 Å². The Bertz CT molecular complexity index is 251. The summed E-state index contributed by atoms with van der Waals surface area (Å²) >= 11 is 0. The molecule has 0 aliphatic heterocycles. The van der Waals surface area contributed by atoms with Gasteiger partial charge in [-0.25, -0.2) is 0 Å². The van der Waals surface area contributed by atoms with Gasteiger partial charge in [-0.15, -0.1) is 0 Å². The van der Waals surface area contributed by atoms with Gasteiger partial charge < -0.3 is 0 Å². The fraction of sp³-hybridized carbons (Fsp3) is 1.00. The molecule has 1 saturated carbocycles. The van der Waals surface area contributed by atoms with E-state index in [1.165, 1.54) is 25.7 Å². The van der Waals surface area contributed by atoms with Gasteiger partial charge in [-0.3, -0.25) is 4.55 Å². The lowest BCUT2D eigenvalue weighted by atomic mass is 9.89. The van der Waals surface area contributed by atoms with Crippen molar-refractivity contribution in [1.29, 1.82) is 0 Å². The van der Waals surface area contributed by atoms with Crippen LogP contribution < -0.4 is 0 Å². The first-order chi connectivity index (χ1) is 6.49. The van der Waals surface area contributed by atoms with Crippen molar-refractivity contribution in [2.75, 3.05) is 5.75 Å². The molecule has 3 nitrogen and oxygen atoms in total. The van der Waals surface area contributed by atoms with Crippen molar-refractivity contribution >= 4 is 10.1 Å². The average molecular weight is 220 g/mol. The van der Waals surface area contributed by atoms with Gasteiger partial charge in [-0.05, 0) is 11.8 Å². The highest BCUT2D eigenvalue weighted by Gasteiger charge is 2.22. The zero-order valence-corrected chi connectivity index (χ0v) is 9.59. The summed E-state index contributed by atoms with van der Waals surface area (Å²) in [6.07, 6.45) is 7.21. The molecule has 1 atom stereocenters. The van der Waals surface area contributed by atoms with E-state index in [9.17, 15) is 8.42 Å². The quantitative estimate of drug-likeness (QED) is 0.587. The summed E-state index contributed by atoms with van der Waals surface area (Å²) in [5, 5.41) is 0. The van der Waals surface area contributed by atoms with Gasteiger partial charge in [0.1, 0.15) is 0 Å². The molecule has 0 bridgehead atoms. The van der Waals surface area contributed by atoms with Crippen LogP contribution in [0.4, 0.5) is 0 Å². The van der Waals surface area contributed by atoms with Crippen molar-refractivity contribution in [3.63, 3.8) is 0 Å². The highest BCUT2D eigenvalue weighted by Crippen LogP contribution is 2.29. The van der Waals surface area contributed by atoms with E-state index in [2.05, 4.69) is 0 Å². The third kappa shape index (κ3) is 4.42. The third-order valence-electron chi connectivity index (χ3n) is 3.18. The second kappa shape index (κ2) is 5.12. The first-order valence-corrected chi connectivity index (χ1v) is 7.05. The van der Waals surface area contributed by atoms with Crippen LogP contribution in [0.15, 0.2) is 0 Å². The lowest BCUT2D eigenvalue weighted by molar-refractivity contribution is 0.336. The van der Waals surface area contributed by atoms with Crippen LogP contribution >= 0.6 is 0 Å². The van der Waals surface area contributed by atoms with E-state index < -0.39 is 10.1 Å². The molecule has 0 aromatic rings. The molecule has 0 saturated heterocycles. The van der Waals surface area contributed by atoms with Gasteiger partial charge in [0, 0.05) is 0 Å². The van der Waals surface area contributed by atoms with Crippen LogP contribution in [0.2, 0.25) is 0 Å². The van der Waals surface area contributed by atoms with Crippen molar-refractivity contribution in [2.45, 2.75) is 45.4 Å². The Morgan fingerprint density at radius 1 is 1.21 bits per heavy atom. The van der Waals surface area contributed by atoms with E-state index in [1.807, 2.05) is 6.92 Å². The Kier molecular flexibility index (Phi) is 4.38. The van der Waals surface area contributed by atoms with Crippen LogP contribution in [0.1, 0.15) is 45.4 Å². The monoisotopic (exact) mass is 220 g/mol. The van der Waals surface area contributed by atoms with E-state index in [0.717, 1.165) is 12.8 Å². The maximum atomic E-state index is 10.7. The van der Waals surface area contributed by atoms with Crippen LogP contribution in [0.25, 0.3) is 0 Å². The van der Waals surface area contributed by atoms with Gasteiger partial charge in [0.25, 0.3) is 10.1 Å². The molecular formula is C10H20O3S. The van der Waals surface area contributed by atoms with E-state index >= 15 is 0 Å². The van der Waals surface area contributed by atoms with Gasteiger partial charge >= 0.3 is 0 Å². The standard InChI is InChI=1S/C10H20O3S/c1-9(8-14(11,12)13)10-6-4-2-3-5-7-10/h9-10H,2-8H2,1H3,(H,11,12,13). The highest BCUT2D eigenvalue weighted by atomic mass is 32.2. The molecule has 1 rings (SSSR count). The maximum absolute atomic E-state index is 10.7. The molecule has 84 valence electrons. The molecule has 4 heteroatoms. The molecule has 0 spiro atoms. The number of hydrogen-bond donors (Lipinski definition) is 1. The second-order valence-corrected chi connectivity index (χ2v) is 5.97. The van der Waals surface area contributed by atoms with Gasteiger partial charge in [0.15, 0.2) is 0 Å². The molecule has 1 aliphatic carbocycles. The van der Waals surface area contributed by atoms with Crippen LogP contribution in [0, 0.1) is 11.8 Å². The van der Waals surface area contributed by atoms with E-state index in [0.29, 0.717) is 5.92 Å². The summed E-state index contributed by atoms with van der Waals surface area (Å²) in [6.45, 7) is 1.93. The molecule has 14 heavy (non-hydrogen) atoms. The summed E-state index contributed by atoms with van der Waals surface area (Å²) < 4.78 is 30.2. The Morgan fingerprint density at radius 2 is 1.71 bits per heavy atom. The predicted molar refractivity (Wildman–Crippen MR) is 56.8 cm³/mol. The lowest BCUT2D eigenvalue weighted by Gasteiger charge is -2.20. The largest absolute Gasteiger partial charge is 0.286 e. The molecule has 1 N–H and O–H groups in total. The summed E-state index contributed by atoms with van der Waals surface area (Å²) in [5.41, 5.74) is 0. The van der Waals surface area contributed by atoms with Crippen molar-refractivity contribution < 1.29 is 13.0 Å². The Labute approximate surface area is 86.6 Å². The normalized spacial score (nSPS) is 23.0. The van der Waals surface area contributed by atoms with Crippen LogP contribution in [0.3, 0.4) is 0 Å². The molecule has 0 radical (unpaired) electrons. The molecule has 1 fully saturated rings. The fourth-order valence-corrected chi connectivity index (χ4v) is 3.28. The highest BCUT2D eigenvalue weighted by molar-refractivity contribution is 7.85. The first kappa shape index (κ1) is 12.0. The SMILES string of the molecule is CC(CS(=O)(=O)O)C1CCCCCC1. The van der Waals surface area contributed by atoms with Crippen LogP contribution in [-0.4, -0.2) is 18.7 Å². The Morgan fingerprint density at radius 3 is 2.14 bits per heavy atom. The third-order valence-corrected chi connectivity index (χ3v) is 4.13. The van der Waals surface area contributed by atoms with Gasteiger partial charge in [-0.1, -0.05) is 45.4 Å². The lowest BCUT2D eigenvalue weighted by Crippen LogP contribution is -2.20. The van der Waals surface area contributed by atoms with Crippen molar-refractivity contribution in [3.8, 4) is 0 Å². The molecule has 1 aliphatic rings. The molecule has 0 amide bonds. The predicted octanol–water partition coefficient (Wildman–Crippen LogP) is 2.48. The Balaban J connectivity index is 2.45. The Hall–Kier alpha value is -0.0900. The van der Waals surface area contributed by atoms with Crippen LogP contribution in [0.5, 0.6) is 0 Å². The first-order valence-electron chi connectivity index (χ1n) is 5.44. The topological polar surface area (TPSA) is 54.4 Å². The van der Waals surface area contributed by atoms with E-state index in [-0.39, 0.29) is 11.7 Å². The van der Waals surface area contributed by atoms with Gasteiger partial charge in [-0.2, -0.15) is 8.42 Å². The average Bonchev–Trinajstić information content (AvgIpc) is 2.27. The molecule has 1 unspecified atom stereocenters. The van der Waals surface area contributed by atoms with Crippen LogP contribution in [-0.2, 0) is 10.1 Å². The second-order valence-electron chi connectivity index (χ2n) is 4.48. The summed E-state index contributed by atoms with van der Waals surface area (Å²) in [5.74, 6) is 0.514. The maximum Gasteiger partial charge on any atom is 0.265 e. The zero-order chi connectivity index (χ0) is 10.6. The molecular weight excluding hydrogens is 200 g/mol. The van der Waals surface area contributed by atoms with E-state index in [1.54, 1.807) is 0 Å². The van der Waals surface area contributed by atoms with Gasteiger partial charge in [0.05, 0.1) is 5.75 Å². The summed E-state index contributed by atoms with van der Waals surface area (Å²) in [4.78, 5) is 0. The fourth-order valence-electron chi connectivity index (χ4n) is 2.35. The summed E-state index contributed by atoms with van der Waals surface area (Å²) in [7, 11) is -3.78. The van der Waals surface area contributed by atoms with Gasteiger partial charge in [0.2, 0.25) is 0 Å². The minimum absolute atomic E-state index is 0.0718. The van der Waals surface area contributed by atoms with Crippen molar-refractivity contribution in [1.82, 2.24) is 0 Å².